The van der Waals surface area contributed by atoms with Crippen LogP contribution in [0.2, 0.25) is 0 Å². The third kappa shape index (κ3) is 3.52. The van der Waals surface area contributed by atoms with Crippen molar-refractivity contribution in [2.24, 2.45) is 0 Å². The quantitative estimate of drug-likeness (QED) is 0.165. The van der Waals surface area contributed by atoms with Crippen LogP contribution in [0.3, 0.4) is 0 Å². The Morgan fingerprint density at radius 3 is 2.53 bits per heavy atom. The van der Waals surface area contributed by atoms with Crippen molar-refractivity contribution in [1.82, 2.24) is 0 Å². The minimum Gasteiger partial charge on any atom is -0.287 e. The number of hydrogen-bond donors (Lipinski definition) is 1. The van der Waals surface area contributed by atoms with Crippen LogP contribution in [0.4, 0.5) is 4.53 Å². The maximum atomic E-state index is 11.6. The summed E-state index contributed by atoms with van der Waals surface area (Å²) in [6.45, 7) is 0. The number of Topliss-reactive ketones (excluding diaryl/α,β-unsaturated/α-hetero) is 1. The Bertz CT molecular complexity index is 503. The van der Waals surface area contributed by atoms with Gasteiger partial charge in [0.25, 0.3) is 0 Å². The second-order valence-corrected chi connectivity index (χ2v) is 3.45. The molecular weight excluding hydrogens is 247 g/mol. The molecule has 0 aliphatic rings. The average molecular weight is 252 g/mol. The van der Waals surface area contributed by atoms with Crippen LogP contribution in [0.5, 0.6) is 0 Å². The number of hydrogen-bond acceptors (Lipinski definition) is 6. The molecule has 0 unspecified atom stereocenters. The minimum atomic E-state index is -0.596. The average Bonchev–Trinajstić information content (AvgIpc) is 2.38. The highest BCUT2D eigenvalue weighted by atomic mass is 32.2. The second-order valence-electron chi connectivity index (χ2n) is 2.68. The Balaban J connectivity index is 2.85. The topological polar surface area (TPSA) is 83.2 Å². The van der Waals surface area contributed by atoms with Crippen LogP contribution < -0.4 is 0 Å². The number of ketones is 1. The van der Waals surface area contributed by atoms with Gasteiger partial charge in [-0.15, -0.1) is 4.33 Å². The van der Waals surface area contributed by atoms with Crippen molar-refractivity contribution in [3.05, 3.63) is 35.4 Å². The van der Waals surface area contributed by atoms with Gasteiger partial charge < -0.3 is 0 Å². The highest BCUT2D eigenvalue weighted by Crippen LogP contribution is 2.20. The zero-order valence-corrected chi connectivity index (χ0v) is 9.08. The van der Waals surface area contributed by atoms with Crippen LogP contribution >= 0.6 is 12.0 Å². The number of nitrogens with zero attached hydrogens (tertiary/aromatic N) is 1. The standard InChI is InChI=1S/C10H5FN2O3S/c11-15-16-17-9-3-1-7(2-4-9)10(14)8(5-12)6-13/h1-4,12H. The van der Waals surface area contributed by atoms with E-state index in [1.165, 1.54) is 24.3 Å². The number of rotatable bonds is 5. The van der Waals surface area contributed by atoms with Gasteiger partial charge in [0.1, 0.15) is 6.07 Å². The summed E-state index contributed by atoms with van der Waals surface area (Å²) in [7, 11) is 0. The van der Waals surface area contributed by atoms with E-state index in [4.69, 9.17) is 10.7 Å². The van der Waals surface area contributed by atoms with Crippen LogP contribution in [0, 0.1) is 16.7 Å². The lowest BCUT2D eigenvalue weighted by Crippen LogP contribution is -2.02. The molecule has 0 saturated heterocycles. The number of benzene rings is 1. The highest BCUT2D eigenvalue weighted by Gasteiger charge is 2.11. The lowest BCUT2D eigenvalue weighted by atomic mass is 10.1. The summed E-state index contributed by atoms with van der Waals surface area (Å²) in [6, 6.07) is 7.37. The Kier molecular flexibility index (Phi) is 5.07. The molecule has 0 atom stereocenters. The molecule has 0 amide bonds. The highest BCUT2D eigenvalue weighted by molar-refractivity contribution is 7.94. The van der Waals surface area contributed by atoms with Gasteiger partial charge in [0.2, 0.25) is 5.78 Å². The van der Waals surface area contributed by atoms with Gasteiger partial charge in [-0.05, 0) is 33.9 Å². The molecule has 0 aliphatic heterocycles. The minimum absolute atomic E-state index is 0.229. The van der Waals surface area contributed by atoms with Crippen molar-refractivity contribution in [2.75, 3.05) is 0 Å². The number of nitriles is 1. The van der Waals surface area contributed by atoms with Gasteiger partial charge in [-0.3, -0.25) is 10.2 Å². The van der Waals surface area contributed by atoms with Crippen molar-refractivity contribution in [3.63, 3.8) is 0 Å². The van der Waals surface area contributed by atoms with Crippen LogP contribution in [0.25, 0.3) is 0 Å². The fourth-order valence-corrected chi connectivity index (χ4v) is 1.35. The molecule has 1 rings (SSSR count). The summed E-state index contributed by atoms with van der Waals surface area (Å²) in [4.78, 5) is 12.1. The molecule has 0 radical (unpaired) electrons. The zero-order valence-electron chi connectivity index (χ0n) is 8.27. The first-order chi connectivity index (χ1) is 8.22. The third-order valence-electron chi connectivity index (χ3n) is 1.74. The molecule has 0 spiro atoms. The number of carbonyl (C=O) groups excluding carboxylic acids is 1. The van der Waals surface area contributed by atoms with E-state index in [0.717, 1.165) is 0 Å². The Hall–Kier alpha value is -1.97. The van der Waals surface area contributed by atoms with Crippen molar-refractivity contribution in [1.29, 1.82) is 10.7 Å². The first kappa shape index (κ1) is 13.1. The number of halogens is 1. The van der Waals surface area contributed by atoms with E-state index in [1.54, 1.807) is 11.9 Å². The fourth-order valence-electron chi connectivity index (χ4n) is 0.994. The number of nitrogens with one attached hydrogen (secondary N) is 1. The van der Waals surface area contributed by atoms with E-state index in [0.29, 0.717) is 16.9 Å². The third-order valence-corrected chi connectivity index (χ3v) is 2.32. The van der Waals surface area contributed by atoms with Crippen LogP contribution in [0.15, 0.2) is 34.7 Å². The van der Waals surface area contributed by atoms with E-state index in [-0.39, 0.29) is 11.1 Å². The van der Waals surface area contributed by atoms with Gasteiger partial charge in [0.05, 0.1) is 12.0 Å². The lowest BCUT2D eigenvalue weighted by molar-refractivity contribution is -0.358. The van der Waals surface area contributed by atoms with Gasteiger partial charge in [0.15, 0.2) is 5.57 Å². The summed E-state index contributed by atoms with van der Waals surface area (Å²) >= 11 is 0.628. The monoisotopic (exact) mass is 252 g/mol. The van der Waals surface area contributed by atoms with Crippen molar-refractivity contribution in [3.8, 4) is 6.07 Å². The van der Waals surface area contributed by atoms with Crippen LogP contribution in [-0.4, -0.2) is 11.7 Å². The van der Waals surface area contributed by atoms with E-state index < -0.39 is 5.78 Å². The molecule has 5 nitrogen and oxygen atoms in total. The predicted octanol–water partition coefficient (Wildman–Crippen LogP) is 2.41. The van der Waals surface area contributed by atoms with Crippen molar-refractivity contribution in [2.45, 2.75) is 4.90 Å². The summed E-state index contributed by atoms with van der Waals surface area (Å²) < 4.78 is 15.2. The SMILES string of the molecule is N#CC(=C=N)C(=O)c1ccc(SOOF)cc1. The zero-order chi connectivity index (χ0) is 12.7. The molecule has 1 aromatic carbocycles. The Morgan fingerprint density at radius 2 is 2.06 bits per heavy atom. The second kappa shape index (κ2) is 6.58. The molecular formula is C10H5FN2O3S. The molecule has 0 saturated carbocycles. The molecule has 17 heavy (non-hydrogen) atoms. The van der Waals surface area contributed by atoms with Crippen molar-refractivity contribution >= 4 is 23.7 Å². The van der Waals surface area contributed by atoms with Crippen molar-refractivity contribution < 1.29 is 18.7 Å². The van der Waals surface area contributed by atoms with Gasteiger partial charge in [0, 0.05) is 16.3 Å². The molecule has 0 aromatic heterocycles. The van der Waals surface area contributed by atoms with Gasteiger partial charge >= 0.3 is 0 Å². The van der Waals surface area contributed by atoms with Gasteiger partial charge in [-0.1, -0.05) is 0 Å². The molecule has 0 aliphatic carbocycles. The maximum absolute atomic E-state index is 11.6. The van der Waals surface area contributed by atoms with E-state index in [1.807, 2.05) is 0 Å². The molecule has 7 heteroatoms. The summed E-state index contributed by atoms with van der Waals surface area (Å²) in [5, 5.41) is 18.2. The molecule has 0 heterocycles. The molecule has 1 aromatic rings. The Labute approximate surface area is 100.0 Å². The van der Waals surface area contributed by atoms with E-state index >= 15 is 0 Å². The van der Waals surface area contributed by atoms with Gasteiger partial charge in [-0.25, -0.2) is 0 Å². The fraction of sp³-hybridized carbons (Fsp3) is 0. The van der Waals surface area contributed by atoms with Crippen LogP contribution in [0.1, 0.15) is 10.4 Å². The van der Waals surface area contributed by atoms with E-state index in [2.05, 4.69) is 9.43 Å². The summed E-state index contributed by atoms with van der Waals surface area (Å²) in [5.41, 5.74) is -0.152. The number of allylic oxidation sites excluding steroid dienone is 1. The first-order valence-electron chi connectivity index (χ1n) is 4.19. The molecule has 0 fully saturated rings. The van der Waals surface area contributed by atoms with Gasteiger partial charge in [-0.2, -0.15) is 5.26 Å². The molecule has 1 N–H and O–H groups in total. The summed E-state index contributed by atoms with van der Waals surface area (Å²) in [5.74, 6) is 1.16. The molecule has 86 valence electrons. The normalized spacial score (nSPS) is 9.18. The number of carbonyl (C=O) groups is 1. The van der Waals surface area contributed by atoms with Crippen LogP contribution in [-0.2, 0) is 9.43 Å². The maximum Gasteiger partial charge on any atom is 0.212 e. The largest absolute Gasteiger partial charge is 0.287 e. The molecule has 0 bridgehead atoms. The smallest absolute Gasteiger partial charge is 0.212 e. The first-order valence-corrected chi connectivity index (χ1v) is 4.93. The van der Waals surface area contributed by atoms with E-state index in [9.17, 15) is 9.32 Å². The lowest BCUT2D eigenvalue weighted by Gasteiger charge is -1.99. The summed E-state index contributed by atoms with van der Waals surface area (Å²) in [6.07, 6.45) is 0. The Morgan fingerprint density at radius 1 is 1.41 bits per heavy atom. The predicted molar refractivity (Wildman–Crippen MR) is 56.8 cm³/mol.